The molecule has 1 atom stereocenters. The number of hydrogen-bond acceptors (Lipinski definition) is 7. The number of rotatable bonds is 11. The fraction of sp³-hybridized carbons (Fsp3) is 0.241. The number of carbonyl (C=O) groups excluding carboxylic acids is 1. The van der Waals surface area contributed by atoms with Gasteiger partial charge in [-0.05, 0) is 54.3 Å². The molecule has 3 N–H and O–H groups in total. The van der Waals surface area contributed by atoms with E-state index in [0.717, 1.165) is 18.2 Å². The maximum Gasteiger partial charge on any atom is 0.475 e. The predicted molar refractivity (Wildman–Crippen MR) is 154 cm³/mol. The minimum absolute atomic E-state index is 0.0759. The number of hydrogen-bond donors (Lipinski definition) is 3. The van der Waals surface area contributed by atoms with Gasteiger partial charge in [0.2, 0.25) is 5.91 Å². The van der Waals surface area contributed by atoms with Crippen LogP contribution in [0, 0.1) is 5.92 Å². The largest absolute Gasteiger partial charge is 0.475 e. The average Bonchev–Trinajstić information content (AvgIpc) is 3.36. The van der Waals surface area contributed by atoms with Crippen LogP contribution in [-0.4, -0.2) is 47.2 Å². The van der Waals surface area contributed by atoms with E-state index in [4.69, 9.17) is 4.18 Å². The smallest absolute Gasteiger partial charge is 0.426 e. The molecule has 226 valence electrons. The van der Waals surface area contributed by atoms with Gasteiger partial charge in [0.25, 0.3) is 0 Å². The quantitative estimate of drug-likeness (QED) is 0.167. The van der Waals surface area contributed by atoms with Gasteiger partial charge in [-0.25, -0.2) is 0 Å². The van der Waals surface area contributed by atoms with Crippen LogP contribution in [0.2, 0.25) is 0 Å². The Labute approximate surface area is 247 Å². The lowest BCUT2D eigenvalue weighted by atomic mass is 9.75. The molecule has 0 spiro atoms. The molecular formula is C29H29BF3N3O6S. The van der Waals surface area contributed by atoms with Gasteiger partial charge in [0.15, 0.2) is 5.75 Å². The molecule has 0 aliphatic rings. The Morgan fingerprint density at radius 1 is 1.00 bits per heavy atom. The molecule has 43 heavy (non-hydrogen) atoms. The molecule has 0 aliphatic heterocycles. The molecule has 0 fully saturated rings. The molecule has 9 nitrogen and oxygen atoms in total. The first-order valence-electron chi connectivity index (χ1n) is 13.2. The van der Waals surface area contributed by atoms with E-state index in [1.807, 2.05) is 13.8 Å². The zero-order chi connectivity index (χ0) is 31.4. The van der Waals surface area contributed by atoms with E-state index in [9.17, 15) is 36.4 Å². The van der Waals surface area contributed by atoms with Crippen LogP contribution in [0.1, 0.15) is 25.8 Å². The number of alkyl halides is 3. The van der Waals surface area contributed by atoms with E-state index < -0.39 is 45.7 Å². The molecule has 0 saturated carbocycles. The third kappa shape index (κ3) is 8.03. The van der Waals surface area contributed by atoms with E-state index in [-0.39, 0.29) is 29.5 Å². The number of halogens is 3. The molecule has 4 rings (SSSR count). The van der Waals surface area contributed by atoms with Gasteiger partial charge in [0, 0.05) is 5.56 Å². The lowest BCUT2D eigenvalue weighted by Gasteiger charge is -2.20. The second kappa shape index (κ2) is 13.0. The molecule has 1 heterocycles. The topological polar surface area (TPSA) is 131 Å². The van der Waals surface area contributed by atoms with E-state index in [1.54, 1.807) is 42.5 Å². The van der Waals surface area contributed by atoms with Crippen LogP contribution in [0.4, 0.5) is 13.2 Å². The minimum Gasteiger partial charge on any atom is -0.426 e. The van der Waals surface area contributed by atoms with Crippen molar-refractivity contribution in [3.05, 3.63) is 90.5 Å². The van der Waals surface area contributed by atoms with Crippen molar-refractivity contribution in [3.63, 3.8) is 0 Å². The van der Waals surface area contributed by atoms with Gasteiger partial charge in [0.05, 0.1) is 22.9 Å². The Kier molecular flexibility index (Phi) is 9.63. The van der Waals surface area contributed by atoms with Crippen molar-refractivity contribution in [2.24, 2.45) is 5.92 Å². The van der Waals surface area contributed by atoms with Crippen molar-refractivity contribution in [2.45, 2.75) is 43.8 Å². The lowest BCUT2D eigenvalue weighted by Crippen LogP contribution is -2.48. The van der Waals surface area contributed by atoms with Gasteiger partial charge in [0.1, 0.15) is 11.4 Å². The summed E-state index contributed by atoms with van der Waals surface area (Å²) in [4.78, 5) is 12.3. The van der Waals surface area contributed by atoms with Gasteiger partial charge < -0.3 is 19.5 Å². The first kappa shape index (κ1) is 31.8. The second-order valence-corrected chi connectivity index (χ2v) is 11.8. The molecule has 1 aromatic heterocycles. The maximum atomic E-state index is 13.2. The summed E-state index contributed by atoms with van der Waals surface area (Å²) in [7, 11) is -6.45. The highest BCUT2D eigenvalue weighted by molar-refractivity contribution is 7.87. The summed E-state index contributed by atoms with van der Waals surface area (Å²) in [5.41, 5.74) is 0.468. The Bertz CT molecular complexity index is 1680. The van der Waals surface area contributed by atoms with Gasteiger partial charge in [-0.1, -0.05) is 62.4 Å². The summed E-state index contributed by atoms with van der Waals surface area (Å²) in [5.74, 6) is -1.55. The average molecular weight is 615 g/mol. The van der Waals surface area contributed by atoms with Crippen molar-refractivity contribution in [1.29, 1.82) is 0 Å². The van der Waals surface area contributed by atoms with E-state index in [2.05, 4.69) is 10.4 Å². The normalized spacial score (nSPS) is 12.7. The van der Waals surface area contributed by atoms with Crippen molar-refractivity contribution in [1.82, 2.24) is 15.1 Å². The molecule has 0 bridgehead atoms. The van der Waals surface area contributed by atoms with Crippen LogP contribution in [-0.2, 0) is 27.6 Å². The highest BCUT2D eigenvalue weighted by atomic mass is 32.2. The second-order valence-electron chi connectivity index (χ2n) is 10.2. The summed E-state index contributed by atoms with van der Waals surface area (Å²) >= 11 is 0. The van der Waals surface area contributed by atoms with Crippen molar-refractivity contribution < 1.29 is 40.6 Å². The number of carbonyl (C=O) groups is 1. The molecule has 0 aliphatic carbocycles. The van der Waals surface area contributed by atoms with Gasteiger partial charge in [-0.2, -0.15) is 26.7 Å². The van der Waals surface area contributed by atoms with Crippen LogP contribution >= 0.6 is 0 Å². The first-order valence-corrected chi connectivity index (χ1v) is 14.7. The highest BCUT2D eigenvalue weighted by Gasteiger charge is 2.32. The Morgan fingerprint density at radius 2 is 1.67 bits per heavy atom. The zero-order valence-corrected chi connectivity index (χ0v) is 24.0. The molecule has 3 aromatic carbocycles. The van der Waals surface area contributed by atoms with Crippen molar-refractivity contribution in [2.75, 3.05) is 0 Å². The summed E-state index contributed by atoms with van der Waals surface area (Å²) < 4.78 is 72.4. The number of nitrogens with one attached hydrogen (secondary N) is 1. The van der Waals surface area contributed by atoms with Gasteiger partial charge in [-0.3, -0.25) is 9.48 Å². The molecule has 0 saturated heterocycles. The van der Waals surface area contributed by atoms with Crippen LogP contribution in [0.15, 0.2) is 89.8 Å². The fourth-order valence-corrected chi connectivity index (χ4v) is 5.40. The minimum atomic E-state index is -4.75. The molecule has 0 unspecified atom stereocenters. The SMILES string of the molecule is CC(C)C[C@H](NC(=O)Cn1nc(-c2ccccc2OS(=O)(=O)c2cccc(C(F)(F)F)c2)cc1-c1ccccc1)B(O)O. The number of para-hydroxylation sites is 1. The fourth-order valence-electron chi connectivity index (χ4n) is 4.41. The van der Waals surface area contributed by atoms with Crippen molar-refractivity contribution >= 4 is 23.1 Å². The highest BCUT2D eigenvalue weighted by Crippen LogP contribution is 2.35. The van der Waals surface area contributed by atoms with E-state index >= 15 is 0 Å². The maximum absolute atomic E-state index is 13.2. The Hall–Kier alpha value is -4.14. The number of nitrogens with zero attached hydrogens (tertiary/aromatic N) is 2. The third-order valence-corrected chi connectivity index (χ3v) is 7.62. The monoisotopic (exact) mass is 615 g/mol. The predicted octanol–water partition coefficient (Wildman–Crippen LogP) is 4.55. The summed E-state index contributed by atoms with van der Waals surface area (Å²) in [6, 6.07) is 19.8. The third-order valence-electron chi connectivity index (χ3n) is 6.39. The number of aromatic nitrogens is 2. The molecule has 14 heteroatoms. The summed E-state index contributed by atoms with van der Waals surface area (Å²) in [6.07, 6.45) is -4.43. The van der Waals surface area contributed by atoms with E-state index in [0.29, 0.717) is 23.7 Å². The van der Waals surface area contributed by atoms with E-state index in [1.165, 1.54) is 22.9 Å². The Morgan fingerprint density at radius 3 is 2.33 bits per heavy atom. The lowest BCUT2D eigenvalue weighted by molar-refractivity contribution is -0.137. The number of benzene rings is 3. The molecule has 1 amide bonds. The standard InChI is InChI=1S/C29H29BF3N3O6S/c1-19(2)15-27(30(38)39)34-28(37)18-36-25(20-9-4-3-5-10-20)17-24(35-36)23-13-6-7-14-26(23)42-43(40,41)22-12-8-11-21(16-22)29(31,32)33/h3-14,16-17,19,27,38-39H,15,18H2,1-2H3,(H,34,37)/t27-/m0/s1. The van der Waals surface area contributed by atoms with Gasteiger partial charge >= 0.3 is 23.4 Å². The molecule has 4 aromatic rings. The van der Waals surface area contributed by atoms with Gasteiger partial charge in [-0.15, -0.1) is 0 Å². The first-order chi connectivity index (χ1) is 20.2. The van der Waals surface area contributed by atoms with Crippen LogP contribution < -0.4 is 9.50 Å². The van der Waals surface area contributed by atoms with Crippen LogP contribution in [0.25, 0.3) is 22.5 Å². The number of amides is 1. The zero-order valence-electron chi connectivity index (χ0n) is 23.2. The van der Waals surface area contributed by atoms with Crippen LogP contribution in [0.5, 0.6) is 5.75 Å². The summed E-state index contributed by atoms with van der Waals surface area (Å²) in [6.45, 7) is 3.44. The Balaban J connectivity index is 1.70. The summed E-state index contributed by atoms with van der Waals surface area (Å²) in [5, 5.41) is 26.6. The van der Waals surface area contributed by atoms with Crippen LogP contribution in [0.3, 0.4) is 0 Å². The molecule has 0 radical (unpaired) electrons. The molecular weight excluding hydrogens is 586 g/mol. The van der Waals surface area contributed by atoms with Crippen molar-refractivity contribution in [3.8, 4) is 28.3 Å².